The summed E-state index contributed by atoms with van der Waals surface area (Å²) in [5.74, 6) is -2.31. The first-order valence-corrected chi connectivity index (χ1v) is 7.95. The highest BCUT2D eigenvalue weighted by atomic mass is 35.5. The summed E-state index contributed by atoms with van der Waals surface area (Å²) in [7, 11) is 0. The molecule has 3 rings (SSSR count). The van der Waals surface area contributed by atoms with E-state index < -0.39 is 23.6 Å². The number of carbonyl (C=O) groups excluding carboxylic acids is 1. The van der Waals surface area contributed by atoms with Crippen LogP contribution in [0.15, 0.2) is 53.1 Å². The number of aromatic nitrogens is 1. The second-order valence-electron chi connectivity index (χ2n) is 5.49. The van der Waals surface area contributed by atoms with E-state index in [9.17, 15) is 18.7 Å². The minimum atomic E-state index is -1.20. The lowest BCUT2D eigenvalue weighted by Gasteiger charge is -2.11. The number of aliphatic hydroxyl groups excluding tert-OH is 1. The molecular weight excluding hydrogens is 366 g/mol. The molecule has 2 aromatic carbocycles. The minimum absolute atomic E-state index is 0.0115. The van der Waals surface area contributed by atoms with E-state index >= 15 is 0 Å². The third kappa shape index (κ3) is 4.07. The van der Waals surface area contributed by atoms with Crippen molar-refractivity contribution in [3.05, 3.63) is 76.4 Å². The summed E-state index contributed by atoms with van der Waals surface area (Å²) in [6.45, 7) is -0.205. The van der Waals surface area contributed by atoms with Gasteiger partial charge in [-0.1, -0.05) is 35.0 Å². The predicted octanol–water partition coefficient (Wildman–Crippen LogP) is 3.74. The molecule has 0 spiro atoms. The zero-order valence-corrected chi connectivity index (χ0v) is 14.0. The van der Waals surface area contributed by atoms with Gasteiger partial charge in [0, 0.05) is 23.2 Å². The standard InChI is InChI=1S/C18H13ClF2N2O3/c19-12-3-1-2-11(6-12)17-8-15(23-26-17)18(25)22-9-16(24)10-4-5-13(20)14(21)7-10/h1-8,16,24H,9H2,(H,22,25)/t16-/m0/s1. The van der Waals surface area contributed by atoms with Crippen molar-refractivity contribution in [1.82, 2.24) is 10.5 Å². The second-order valence-corrected chi connectivity index (χ2v) is 5.92. The Balaban J connectivity index is 1.64. The number of nitrogens with one attached hydrogen (secondary N) is 1. The number of hydrogen-bond donors (Lipinski definition) is 2. The van der Waals surface area contributed by atoms with Gasteiger partial charge in [0.05, 0.1) is 6.10 Å². The molecule has 8 heteroatoms. The molecule has 1 heterocycles. The van der Waals surface area contributed by atoms with Gasteiger partial charge in [-0.25, -0.2) is 8.78 Å². The topological polar surface area (TPSA) is 75.4 Å². The molecule has 3 aromatic rings. The van der Waals surface area contributed by atoms with E-state index in [0.29, 0.717) is 16.3 Å². The van der Waals surface area contributed by atoms with Crippen LogP contribution in [0.25, 0.3) is 11.3 Å². The Kier molecular flexibility index (Phi) is 5.29. The highest BCUT2D eigenvalue weighted by Gasteiger charge is 2.16. The first kappa shape index (κ1) is 18.0. The number of amides is 1. The van der Waals surface area contributed by atoms with Crippen LogP contribution in [0.1, 0.15) is 22.2 Å². The van der Waals surface area contributed by atoms with E-state index in [2.05, 4.69) is 10.5 Å². The molecule has 0 aliphatic carbocycles. The molecule has 0 saturated carbocycles. The fourth-order valence-electron chi connectivity index (χ4n) is 2.28. The monoisotopic (exact) mass is 378 g/mol. The molecular formula is C18H13ClF2N2O3. The van der Waals surface area contributed by atoms with Crippen LogP contribution < -0.4 is 5.32 Å². The van der Waals surface area contributed by atoms with Gasteiger partial charge in [0.15, 0.2) is 23.1 Å². The molecule has 0 radical (unpaired) electrons. The van der Waals surface area contributed by atoms with Gasteiger partial charge >= 0.3 is 0 Å². The number of carbonyl (C=O) groups is 1. The molecule has 0 aliphatic heterocycles. The molecule has 2 N–H and O–H groups in total. The third-order valence-corrected chi connectivity index (χ3v) is 3.87. The van der Waals surface area contributed by atoms with Crippen LogP contribution in [0, 0.1) is 11.6 Å². The zero-order valence-electron chi connectivity index (χ0n) is 13.2. The lowest BCUT2D eigenvalue weighted by atomic mass is 10.1. The number of nitrogens with zero attached hydrogens (tertiary/aromatic N) is 1. The fourth-order valence-corrected chi connectivity index (χ4v) is 2.47. The number of rotatable bonds is 5. The average molecular weight is 379 g/mol. The number of hydrogen-bond acceptors (Lipinski definition) is 4. The Labute approximate surface area is 152 Å². The molecule has 0 aliphatic rings. The van der Waals surface area contributed by atoms with Crippen molar-refractivity contribution in [3.63, 3.8) is 0 Å². The molecule has 1 aromatic heterocycles. The van der Waals surface area contributed by atoms with E-state index in [4.69, 9.17) is 16.1 Å². The molecule has 0 fully saturated rings. The maximum atomic E-state index is 13.2. The summed E-state index contributed by atoms with van der Waals surface area (Å²) >= 11 is 5.91. The first-order chi connectivity index (χ1) is 12.4. The lowest BCUT2D eigenvalue weighted by Crippen LogP contribution is -2.28. The lowest BCUT2D eigenvalue weighted by molar-refractivity contribution is 0.0907. The van der Waals surface area contributed by atoms with Gasteiger partial charge in [-0.2, -0.15) is 0 Å². The Hall–Kier alpha value is -2.77. The largest absolute Gasteiger partial charge is 0.387 e. The van der Waals surface area contributed by atoms with Gasteiger partial charge in [-0.3, -0.25) is 4.79 Å². The van der Waals surface area contributed by atoms with E-state index in [1.165, 1.54) is 12.1 Å². The van der Waals surface area contributed by atoms with Crippen molar-refractivity contribution in [1.29, 1.82) is 0 Å². The summed E-state index contributed by atoms with van der Waals surface area (Å²) in [5.41, 5.74) is 0.812. The molecule has 0 unspecified atom stereocenters. The van der Waals surface area contributed by atoms with Gasteiger partial charge in [-0.15, -0.1) is 0 Å². The van der Waals surface area contributed by atoms with Gasteiger partial charge in [0.1, 0.15) is 0 Å². The maximum Gasteiger partial charge on any atom is 0.273 e. The Morgan fingerprint density at radius 3 is 2.73 bits per heavy atom. The molecule has 134 valence electrons. The molecule has 0 bridgehead atoms. The molecule has 1 amide bonds. The summed E-state index contributed by atoms with van der Waals surface area (Å²) in [6, 6.07) is 11.3. The van der Waals surface area contributed by atoms with Gasteiger partial charge in [0.2, 0.25) is 0 Å². The van der Waals surface area contributed by atoms with Crippen molar-refractivity contribution in [2.24, 2.45) is 0 Å². The molecule has 1 atom stereocenters. The van der Waals surface area contributed by atoms with Gasteiger partial charge in [-0.05, 0) is 29.8 Å². The Morgan fingerprint density at radius 2 is 2.00 bits per heavy atom. The van der Waals surface area contributed by atoms with Crippen molar-refractivity contribution in [2.75, 3.05) is 6.54 Å². The fraction of sp³-hybridized carbons (Fsp3) is 0.111. The van der Waals surface area contributed by atoms with E-state index in [-0.39, 0.29) is 17.8 Å². The maximum absolute atomic E-state index is 13.2. The van der Waals surface area contributed by atoms with Crippen molar-refractivity contribution in [2.45, 2.75) is 6.10 Å². The highest BCUT2D eigenvalue weighted by molar-refractivity contribution is 6.30. The summed E-state index contributed by atoms with van der Waals surface area (Å²) in [4.78, 5) is 12.1. The van der Waals surface area contributed by atoms with Crippen LogP contribution >= 0.6 is 11.6 Å². The molecule has 0 saturated heterocycles. The quantitative estimate of drug-likeness (QED) is 0.709. The van der Waals surface area contributed by atoms with Crippen LogP contribution in [0.5, 0.6) is 0 Å². The molecule has 5 nitrogen and oxygen atoms in total. The zero-order chi connectivity index (χ0) is 18.7. The van der Waals surface area contributed by atoms with Crippen molar-refractivity contribution < 1.29 is 23.2 Å². The van der Waals surface area contributed by atoms with Crippen molar-refractivity contribution in [3.8, 4) is 11.3 Å². The SMILES string of the molecule is O=C(NC[C@H](O)c1ccc(F)c(F)c1)c1cc(-c2cccc(Cl)c2)on1. The summed E-state index contributed by atoms with van der Waals surface area (Å²) in [5, 5.41) is 16.6. The summed E-state index contributed by atoms with van der Waals surface area (Å²) in [6.07, 6.45) is -1.20. The van der Waals surface area contributed by atoms with Gasteiger partial charge in [0.25, 0.3) is 5.91 Å². The number of aliphatic hydroxyl groups is 1. The smallest absolute Gasteiger partial charge is 0.273 e. The van der Waals surface area contributed by atoms with Crippen molar-refractivity contribution >= 4 is 17.5 Å². The first-order valence-electron chi connectivity index (χ1n) is 7.58. The minimum Gasteiger partial charge on any atom is -0.387 e. The predicted molar refractivity (Wildman–Crippen MR) is 90.6 cm³/mol. The second kappa shape index (κ2) is 7.63. The highest BCUT2D eigenvalue weighted by Crippen LogP contribution is 2.23. The van der Waals surface area contributed by atoms with Crippen LogP contribution in [0.4, 0.5) is 8.78 Å². The Bertz CT molecular complexity index is 946. The van der Waals surface area contributed by atoms with E-state index in [0.717, 1.165) is 12.1 Å². The van der Waals surface area contributed by atoms with Gasteiger partial charge < -0.3 is 14.9 Å². The van der Waals surface area contributed by atoms with Crippen LogP contribution in [0.2, 0.25) is 5.02 Å². The van der Waals surface area contributed by atoms with Crippen LogP contribution in [0.3, 0.4) is 0 Å². The normalized spacial score (nSPS) is 12.0. The van der Waals surface area contributed by atoms with Crippen LogP contribution in [-0.4, -0.2) is 22.7 Å². The summed E-state index contributed by atoms with van der Waals surface area (Å²) < 4.78 is 31.2. The average Bonchev–Trinajstić information content (AvgIpc) is 3.12. The number of benzene rings is 2. The Morgan fingerprint density at radius 1 is 1.19 bits per heavy atom. The van der Waals surface area contributed by atoms with E-state index in [1.54, 1.807) is 24.3 Å². The third-order valence-electron chi connectivity index (χ3n) is 3.64. The van der Waals surface area contributed by atoms with Crippen LogP contribution in [-0.2, 0) is 0 Å². The number of halogens is 3. The molecule has 26 heavy (non-hydrogen) atoms. The van der Waals surface area contributed by atoms with E-state index in [1.807, 2.05) is 0 Å².